The summed E-state index contributed by atoms with van der Waals surface area (Å²) in [7, 11) is 1.52. The van der Waals surface area contributed by atoms with Crippen molar-refractivity contribution in [3.05, 3.63) is 89.0 Å². The maximum absolute atomic E-state index is 13.4. The molecule has 1 aliphatic heterocycles. The van der Waals surface area contributed by atoms with E-state index in [2.05, 4.69) is 0 Å². The molecule has 1 atom stereocenters. The van der Waals surface area contributed by atoms with Crippen molar-refractivity contribution in [3.63, 3.8) is 0 Å². The van der Waals surface area contributed by atoms with Crippen LogP contribution in [0, 0.1) is 11.3 Å². The van der Waals surface area contributed by atoms with E-state index < -0.39 is 17.7 Å². The van der Waals surface area contributed by atoms with Crippen molar-refractivity contribution in [3.8, 4) is 23.3 Å². The lowest BCUT2D eigenvalue weighted by Gasteiger charge is -2.26. The van der Waals surface area contributed by atoms with E-state index in [1.807, 2.05) is 26.8 Å². The van der Waals surface area contributed by atoms with Gasteiger partial charge in [-0.25, -0.2) is 0 Å². The number of nitrogens with zero attached hydrogens (tertiary/aromatic N) is 2. The van der Waals surface area contributed by atoms with Gasteiger partial charge in [-0.2, -0.15) is 5.26 Å². The monoisotopic (exact) mass is 512 g/mol. The molecule has 1 fully saturated rings. The van der Waals surface area contributed by atoms with Crippen molar-refractivity contribution >= 4 is 23.1 Å². The van der Waals surface area contributed by atoms with E-state index in [0.29, 0.717) is 46.2 Å². The van der Waals surface area contributed by atoms with Gasteiger partial charge in [0.2, 0.25) is 0 Å². The highest BCUT2D eigenvalue weighted by Crippen LogP contribution is 2.44. The van der Waals surface area contributed by atoms with Gasteiger partial charge in [-0.3, -0.25) is 14.5 Å². The van der Waals surface area contributed by atoms with Crippen LogP contribution in [0.5, 0.6) is 17.2 Å². The van der Waals surface area contributed by atoms with Crippen LogP contribution in [0.3, 0.4) is 0 Å². The number of amides is 1. The molecule has 38 heavy (non-hydrogen) atoms. The highest BCUT2D eigenvalue weighted by molar-refractivity contribution is 6.51. The first-order valence-electron chi connectivity index (χ1n) is 12.2. The van der Waals surface area contributed by atoms with Crippen LogP contribution >= 0.6 is 0 Å². The maximum atomic E-state index is 13.4. The molecule has 3 aromatic carbocycles. The van der Waals surface area contributed by atoms with Gasteiger partial charge in [0.15, 0.2) is 11.5 Å². The quantitative estimate of drug-likeness (QED) is 0.245. The van der Waals surface area contributed by atoms with Gasteiger partial charge in [0, 0.05) is 11.3 Å². The number of carbonyl (C=O) groups is 2. The largest absolute Gasteiger partial charge is 0.507 e. The summed E-state index contributed by atoms with van der Waals surface area (Å²) in [5, 5.41) is 20.6. The number of nitriles is 1. The Morgan fingerprint density at radius 2 is 1.71 bits per heavy atom. The minimum absolute atomic E-state index is 0.0261. The van der Waals surface area contributed by atoms with Gasteiger partial charge in [0.25, 0.3) is 11.7 Å². The zero-order valence-electron chi connectivity index (χ0n) is 21.6. The summed E-state index contributed by atoms with van der Waals surface area (Å²) < 4.78 is 16.8. The van der Waals surface area contributed by atoms with E-state index in [1.54, 1.807) is 66.7 Å². The number of ether oxygens (including phenoxy) is 3. The molecule has 1 amide bonds. The number of rotatable bonds is 8. The second-order valence-corrected chi connectivity index (χ2v) is 8.86. The molecule has 8 heteroatoms. The summed E-state index contributed by atoms with van der Waals surface area (Å²) >= 11 is 0. The normalized spacial score (nSPS) is 16.4. The van der Waals surface area contributed by atoms with Crippen molar-refractivity contribution in [1.29, 1.82) is 5.26 Å². The fourth-order valence-corrected chi connectivity index (χ4v) is 4.36. The van der Waals surface area contributed by atoms with Crippen LogP contribution in [0.1, 0.15) is 43.5 Å². The molecule has 3 aromatic rings. The molecule has 1 N–H and O–H groups in total. The van der Waals surface area contributed by atoms with Crippen molar-refractivity contribution in [1.82, 2.24) is 0 Å². The average Bonchev–Trinajstić information content (AvgIpc) is 3.18. The Hall–Kier alpha value is -4.77. The van der Waals surface area contributed by atoms with E-state index in [4.69, 9.17) is 14.2 Å². The van der Waals surface area contributed by atoms with E-state index in [9.17, 15) is 20.0 Å². The summed E-state index contributed by atoms with van der Waals surface area (Å²) in [6.07, 6.45) is -0.0261. The molecule has 1 heterocycles. The van der Waals surface area contributed by atoms with Gasteiger partial charge in [0.1, 0.15) is 11.5 Å². The maximum Gasteiger partial charge on any atom is 0.300 e. The number of carbonyl (C=O) groups excluding carboxylic acids is 2. The van der Waals surface area contributed by atoms with Crippen molar-refractivity contribution in [2.75, 3.05) is 18.6 Å². The summed E-state index contributed by atoms with van der Waals surface area (Å²) in [5.74, 6) is -0.389. The first-order valence-corrected chi connectivity index (χ1v) is 12.2. The molecule has 0 saturated carbocycles. The third kappa shape index (κ3) is 5.04. The van der Waals surface area contributed by atoms with Crippen LogP contribution in [0.15, 0.2) is 72.3 Å². The molecule has 0 radical (unpaired) electrons. The lowest BCUT2D eigenvalue weighted by Crippen LogP contribution is -2.29. The molecule has 1 aliphatic rings. The van der Waals surface area contributed by atoms with Gasteiger partial charge in [0.05, 0.1) is 43.1 Å². The van der Waals surface area contributed by atoms with Crippen molar-refractivity contribution in [2.24, 2.45) is 0 Å². The van der Waals surface area contributed by atoms with E-state index in [0.717, 1.165) is 0 Å². The Bertz CT molecular complexity index is 1420. The zero-order chi connectivity index (χ0) is 27.4. The third-order valence-electron chi connectivity index (χ3n) is 6.02. The number of hydrogen-bond donors (Lipinski definition) is 1. The van der Waals surface area contributed by atoms with Gasteiger partial charge >= 0.3 is 0 Å². The predicted octanol–water partition coefficient (Wildman–Crippen LogP) is 5.38. The predicted molar refractivity (Wildman–Crippen MR) is 142 cm³/mol. The topological polar surface area (TPSA) is 109 Å². The first kappa shape index (κ1) is 26.3. The highest BCUT2D eigenvalue weighted by atomic mass is 16.5. The number of aliphatic hydroxyl groups is 1. The minimum Gasteiger partial charge on any atom is -0.507 e. The number of methoxy groups -OCH3 is 1. The molecule has 1 saturated heterocycles. The second kappa shape index (κ2) is 11.1. The Morgan fingerprint density at radius 3 is 2.29 bits per heavy atom. The molecular formula is C30H28N2O6. The molecule has 0 aromatic heterocycles. The van der Waals surface area contributed by atoms with E-state index >= 15 is 0 Å². The lowest BCUT2D eigenvalue weighted by atomic mass is 9.94. The molecule has 194 valence electrons. The Balaban J connectivity index is 1.90. The van der Waals surface area contributed by atoms with Crippen molar-refractivity contribution < 1.29 is 28.9 Å². The SMILES string of the molecule is CCOc1cc(C2/C(=C(/O)c3ccc(OC(C)C)cc3)C(=O)C(=O)N2c2ccc(C#N)cc2)ccc1OC. The van der Waals surface area contributed by atoms with E-state index in [1.165, 1.54) is 12.0 Å². The Kier molecular flexibility index (Phi) is 7.68. The fourth-order valence-electron chi connectivity index (χ4n) is 4.36. The fraction of sp³-hybridized carbons (Fsp3) is 0.233. The Morgan fingerprint density at radius 1 is 1.03 bits per heavy atom. The van der Waals surface area contributed by atoms with Crippen LogP contribution < -0.4 is 19.1 Å². The molecule has 8 nitrogen and oxygen atoms in total. The number of benzene rings is 3. The molecule has 0 aliphatic carbocycles. The van der Waals surface area contributed by atoms with Gasteiger partial charge in [-0.05, 0) is 87.0 Å². The third-order valence-corrected chi connectivity index (χ3v) is 6.02. The van der Waals surface area contributed by atoms with E-state index in [-0.39, 0.29) is 17.4 Å². The average molecular weight is 513 g/mol. The van der Waals surface area contributed by atoms with Gasteiger partial charge in [-0.15, -0.1) is 0 Å². The zero-order valence-corrected chi connectivity index (χ0v) is 21.6. The second-order valence-electron chi connectivity index (χ2n) is 8.86. The summed E-state index contributed by atoms with van der Waals surface area (Å²) in [5.41, 5.74) is 1.66. The Labute approximate surface area is 221 Å². The molecule has 4 rings (SSSR count). The standard InChI is InChI=1S/C30H28N2O6/c1-5-37-25-16-21(10-15-24(25)36-4)27-26(28(33)20-8-13-23(14-9-20)38-18(2)3)29(34)30(35)32(27)22-11-6-19(17-31)7-12-22/h6-16,18,27,33H,5H2,1-4H3/b28-26-. The molecular weight excluding hydrogens is 484 g/mol. The first-order chi connectivity index (χ1) is 18.3. The summed E-state index contributed by atoms with van der Waals surface area (Å²) in [6.45, 7) is 6.02. The van der Waals surface area contributed by atoms with Crippen LogP contribution in [-0.2, 0) is 9.59 Å². The smallest absolute Gasteiger partial charge is 0.300 e. The van der Waals surface area contributed by atoms with Crippen LogP contribution in [-0.4, -0.2) is 36.6 Å². The molecule has 1 unspecified atom stereocenters. The molecule has 0 bridgehead atoms. The van der Waals surface area contributed by atoms with Crippen molar-refractivity contribution in [2.45, 2.75) is 32.9 Å². The van der Waals surface area contributed by atoms with Crippen LogP contribution in [0.4, 0.5) is 5.69 Å². The van der Waals surface area contributed by atoms with Crippen LogP contribution in [0.2, 0.25) is 0 Å². The van der Waals surface area contributed by atoms with Crippen LogP contribution in [0.25, 0.3) is 5.76 Å². The lowest BCUT2D eigenvalue weighted by molar-refractivity contribution is -0.132. The summed E-state index contributed by atoms with van der Waals surface area (Å²) in [6, 6.07) is 19.2. The van der Waals surface area contributed by atoms with Gasteiger partial charge < -0.3 is 19.3 Å². The number of hydrogen-bond acceptors (Lipinski definition) is 7. The number of anilines is 1. The molecule has 0 spiro atoms. The summed E-state index contributed by atoms with van der Waals surface area (Å²) in [4.78, 5) is 28.1. The number of Topliss-reactive ketones (excluding diaryl/α,β-unsaturated/α-hetero) is 1. The highest BCUT2D eigenvalue weighted by Gasteiger charge is 2.47. The van der Waals surface area contributed by atoms with Gasteiger partial charge in [-0.1, -0.05) is 6.07 Å². The number of aliphatic hydroxyl groups excluding tert-OH is 1. The minimum atomic E-state index is -0.959. The number of ketones is 1.